The topological polar surface area (TPSA) is 68.0 Å². The van der Waals surface area contributed by atoms with Crippen LogP contribution in [-0.4, -0.2) is 9.55 Å². The van der Waals surface area contributed by atoms with Crippen LogP contribution in [-0.2, 0) is 13.0 Å². The number of nitrogens with zero attached hydrogens (tertiary/aromatic N) is 1. The zero-order valence-corrected chi connectivity index (χ0v) is 14.2. The highest BCUT2D eigenvalue weighted by Gasteiger charge is 2.14. The lowest BCUT2D eigenvalue weighted by molar-refractivity contribution is 0.549. The molecular formula is C18H19ClN2O3. The fourth-order valence-corrected chi connectivity index (χ4v) is 3.02. The fraction of sp³-hybridized carbons (Fsp3) is 0.333. The molecule has 0 aliphatic heterocycles. The zero-order chi connectivity index (χ0) is 17.1. The van der Waals surface area contributed by atoms with Gasteiger partial charge in [-0.2, -0.15) is 0 Å². The van der Waals surface area contributed by atoms with E-state index in [2.05, 4.69) is 11.9 Å². The van der Waals surface area contributed by atoms with Gasteiger partial charge in [0.2, 0.25) is 0 Å². The first-order valence-electron chi connectivity index (χ1n) is 8.08. The molecule has 0 saturated carbocycles. The van der Waals surface area contributed by atoms with Gasteiger partial charge < -0.3 is 8.98 Å². The molecule has 5 nitrogen and oxygen atoms in total. The van der Waals surface area contributed by atoms with Crippen molar-refractivity contribution in [3.63, 3.8) is 0 Å². The average Bonchev–Trinajstić information content (AvgIpc) is 2.96. The van der Waals surface area contributed by atoms with Crippen molar-refractivity contribution in [3.8, 4) is 0 Å². The van der Waals surface area contributed by atoms with Gasteiger partial charge in [-0.1, -0.05) is 49.6 Å². The molecule has 3 aromatic rings. The Hall–Kier alpha value is -2.27. The van der Waals surface area contributed by atoms with Crippen molar-refractivity contribution in [1.82, 2.24) is 9.55 Å². The molecule has 0 atom stereocenters. The van der Waals surface area contributed by atoms with Gasteiger partial charge in [0, 0.05) is 16.8 Å². The first-order valence-corrected chi connectivity index (χ1v) is 8.46. The lowest BCUT2D eigenvalue weighted by Gasteiger charge is -2.10. The van der Waals surface area contributed by atoms with Crippen molar-refractivity contribution in [1.29, 1.82) is 0 Å². The van der Waals surface area contributed by atoms with Crippen LogP contribution >= 0.6 is 11.6 Å². The van der Waals surface area contributed by atoms with Crippen LogP contribution in [0.1, 0.15) is 37.3 Å². The number of unbranched alkanes of at least 4 members (excludes halogenated alkanes) is 2. The predicted octanol–water partition coefficient (Wildman–Crippen LogP) is 3.72. The maximum atomic E-state index is 12.6. The van der Waals surface area contributed by atoms with E-state index in [1.807, 2.05) is 18.2 Å². The summed E-state index contributed by atoms with van der Waals surface area (Å²) < 4.78 is 6.77. The molecule has 0 bridgehead atoms. The molecule has 6 heteroatoms. The molecule has 24 heavy (non-hydrogen) atoms. The highest BCUT2D eigenvalue weighted by Crippen LogP contribution is 2.19. The summed E-state index contributed by atoms with van der Waals surface area (Å²) in [6, 6.07) is 7.41. The number of H-pyrrole nitrogens is 1. The van der Waals surface area contributed by atoms with Crippen LogP contribution in [0.25, 0.3) is 11.1 Å². The van der Waals surface area contributed by atoms with Crippen molar-refractivity contribution in [2.24, 2.45) is 0 Å². The van der Waals surface area contributed by atoms with Crippen LogP contribution in [0.15, 0.2) is 44.5 Å². The van der Waals surface area contributed by atoms with Crippen molar-refractivity contribution in [2.45, 2.75) is 39.2 Å². The molecule has 0 radical (unpaired) electrons. The van der Waals surface area contributed by atoms with E-state index in [0.29, 0.717) is 17.2 Å². The third-order valence-electron chi connectivity index (χ3n) is 4.08. The second kappa shape index (κ2) is 7.09. The number of rotatable bonds is 6. The predicted molar refractivity (Wildman–Crippen MR) is 94.9 cm³/mol. The Morgan fingerprint density at radius 3 is 2.71 bits per heavy atom. The van der Waals surface area contributed by atoms with Crippen LogP contribution in [0.2, 0.25) is 5.02 Å². The van der Waals surface area contributed by atoms with Gasteiger partial charge in [-0.25, -0.2) is 4.79 Å². The minimum atomic E-state index is -0.602. The van der Waals surface area contributed by atoms with E-state index in [9.17, 15) is 9.59 Å². The van der Waals surface area contributed by atoms with Gasteiger partial charge in [-0.05, 0) is 24.5 Å². The Balaban J connectivity index is 2.07. The number of pyridine rings is 1. The van der Waals surface area contributed by atoms with Crippen LogP contribution in [0.4, 0.5) is 0 Å². The molecule has 1 aromatic carbocycles. The molecular weight excluding hydrogens is 328 g/mol. The second-order valence-electron chi connectivity index (χ2n) is 5.85. The minimum absolute atomic E-state index is 0.223. The monoisotopic (exact) mass is 346 g/mol. The lowest BCUT2D eigenvalue weighted by atomic mass is 10.1. The number of nitrogens with one attached hydrogen (secondary N) is 1. The molecule has 0 saturated heterocycles. The smallest absolute Gasteiger partial charge is 0.407 e. The Morgan fingerprint density at radius 2 is 1.96 bits per heavy atom. The fourth-order valence-electron chi connectivity index (χ4n) is 2.82. The molecule has 0 fully saturated rings. The van der Waals surface area contributed by atoms with Gasteiger partial charge in [0.25, 0.3) is 5.56 Å². The summed E-state index contributed by atoms with van der Waals surface area (Å²) in [5.74, 6) is -0.602. The molecule has 0 unspecified atom stereocenters. The highest BCUT2D eigenvalue weighted by molar-refractivity contribution is 6.31. The summed E-state index contributed by atoms with van der Waals surface area (Å²) in [7, 11) is 0. The molecule has 1 N–H and O–H groups in total. The first-order chi connectivity index (χ1) is 11.6. The summed E-state index contributed by atoms with van der Waals surface area (Å²) in [4.78, 5) is 26.7. The van der Waals surface area contributed by atoms with Gasteiger partial charge in [0.15, 0.2) is 11.1 Å². The minimum Gasteiger partial charge on any atom is -0.407 e. The number of halogens is 1. The molecule has 0 spiro atoms. The van der Waals surface area contributed by atoms with E-state index in [0.717, 1.165) is 36.8 Å². The number of benzene rings is 1. The van der Waals surface area contributed by atoms with E-state index >= 15 is 0 Å². The van der Waals surface area contributed by atoms with Crippen molar-refractivity contribution >= 4 is 22.7 Å². The van der Waals surface area contributed by atoms with Crippen molar-refractivity contribution < 1.29 is 4.42 Å². The summed E-state index contributed by atoms with van der Waals surface area (Å²) in [6.45, 7) is 2.48. The SMILES string of the molecule is CCCCCc1cn(Cc2ccccc2Cl)c(=O)c2[nH]c(=O)oc12. The maximum Gasteiger partial charge on any atom is 0.417 e. The number of aromatic nitrogens is 2. The summed E-state index contributed by atoms with van der Waals surface area (Å²) >= 11 is 6.20. The Morgan fingerprint density at radius 1 is 1.17 bits per heavy atom. The Labute approximate surface area is 143 Å². The first kappa shape index (κ1) is 16.6. The molecule has 126 valence electrons. The molecule has 2 heterocycles. The maximum absolute atomic E-state index is 12.6. The largest absolute Gasteiger partial charge is 0.417 e. The normalized spacial score (nSPS) is 11.2. The van der Waals surface area contributed by atoms with Crippen LogP contribution in [0.5, 0.6) is 0 Å². The van der Waals surface area contributed by atoms with Gasteiger partial charge in [0.1, 0.15) is 0 Å². The van der Waals surface area contributed by atoms with E-state index in [-0.39, 0.29) is 11.1 Å². The molecule has 0 aliphatic rings. The number of hydrogen-bond acceptors (Lipinski definition) is 3. The second-order valence-corrected chi connectivity index (χ2v) is 6.26. The van der Waals surface area contributed by atoms with Gasteiger partial charge in [0.05, 0.1) is 6.54 Å². The van der Waals surface area contributed by atoms with Crippen molar-refractivity contribution in [3.05, 3.63) is 67.5 Å². The molecule has 0 amide bonds. The van der Waals surface area contributed by atoms with Gasteiger partial charge in [-0.15, -0.1) is 0 Å². The number of aryl methyl sites for hydroxylation is 1. The van der Waals surface area contributed by atoms with Gasteiger partial charge in [-0.3, -0.25) is 9.78 Å². The summed E-state index contributed by atoms with van der Waals surface area (Å²) in [5.41, 5.74) is 2.03. The van der Waals surface area contributed by atoms with Crippen LogP contribution in [0, 0.1) is 0 Å². The van der Waals surface area contributed by atoms with Gasteiger partial charge >= 0.3 is 5.76 Å². The van der Waals surface area contributed by atoms with E-state index in [1.165, 1.54) is 0 Å². The summed E-state index contributed by atoms with van der Waals surface area (Å²) in [5, 5.41) is 0.609. The Bertz CT molecular complexity index is 968. The lowest BCUT2D eigenvalue weighted by Crippen LogP contribution is -2.22. The number of fused-ring (bicyclic) bond motifs is 1. The third-order valence-corrected chi connectivity index (χ3v) is 4.44. The van der Waals surface area contributed by atoms with E-state index in [1.54, 1.807) is 16.8 Å². The average molecular weight is 347 g/mol. The standard InChI is InChI=1S/C18H19ClN2O3/c1-2-3-4-8-13-11-21(10-12-7-5-6-9-14(12)19)17(22)15-16(13)24-18(23)20-15/h5-7,9,11H,2-4,8,10H2,1H3,(H,20,23). The van der Waals surface area contributed by atoms with Crippen LogP contribution < -0.4 is 11.3 Å². The highest BCUT2D eigenvalue weighted by atomic mass is 35.5. The quantitative estimate of drug-likeness (QED) is 0.692. The van der Waals surface area contributed by atoms with Crippen molar-refractivity contribution in [2.75, 3.05) is 0 Å². The van der Waals surface area contributed by atoms with Crippen LogP contribution in [0.3, 0.4) is 0 Å². The zero-order valence-electron chi connectivity index (χ0n) is 13.5. The number of aromatic amines is 1. The molecule has 2 aromatic heterocycles. The van der Waals surface area contributed by atoms with E-state index < -0.39 is 5.76 Å². The third kappa shape index (κ3) is 3.31. The molecule has 0 aliphatic carbocycles. The van der Waals surface area contributed by atoms with E-state index in [4.69, 9.17) is 16.0 Å². The number of oxazole rings is 1. The Kier molecular flexibility index (Phi) is 4.90. The molecule has 3 rings (SSSR count). The number of hydrogen-bond donors (Lipinski definition) is 1. The summed E-state index contributed by atoms with van der Waals surface area (Å²) in [6.07, 6.45) is 5.69.